The summed E-state index contributed by atoms with van der Waals surface area (Å²) in [4.78, 5) is 14.3. The number of aliphatic imine (C=N–C) groups is 1. The van der Waals surface area contributed by atoms with Gasteiger partial charge in [0.15, 0.2) is 0 Å². The molecular weight excluding hydrogens is 490 g/mol. The van der Waals surface area contributed by atoms with Crippen molar-refractivity contribution in [3.63, 3.8) is 0 Å². The van der Waals surface area contributed by atoms with Crippen molar-refractivity contribution in [3.05, 3.63) is 95.4 Å². The molecule has 1 unspecified atom stereocenters. The fourth-order valence-electron chi connectivity index (χ4n) is 5.60. The van der Waals surface area contributed by atoms with Crippen molar-refractivity contribution in [1.29, 1.82) is 0 Å². The Hall–Kier alpha value is -3.79. The van der Waals surface area contributed by atoms with E-state index in [0.29, 0.717) is 12.5 Å². The maximum Gasteiger partial charge on any atom is 0.126 e. The number of aryl methyl sites for hydroxylation is 3. The lowest BCUT2D eigenvalue weighted by atomic mass is 9.96. The van der Waals surface area contributed by atoms with Crippen LogP contribution < -0.4 is 4.74 Å². The second-order valence-electron chi connectivity index (χ2n) is 11.0. The van der Waals surface area contributed by atoms with E-state index in [4.69, 9.17) is 14.7 Å². The highest BCUT2D eigenvalue weighted by atomic mass is 16.5. The summed E-state index contributed by atoms with van der Waals surface area (Å²) in [5.41, 5.74) is 10.7. The molecule has 3 aromatic carbocycles. The van der Waals surface area contributed by atoms with Crippen molar-refractivity contribution in [2.45, 2.75) is 72.6 Å². The van der Waals surface area contributed by atoms with Crippen LogP contribution in [0, 0.1) is 12.8 Å². The van der Waals surface area contributed by atoms with Crippen LogP contribution in [0.15, 0.2) is 77.8 Å². The van der Waals surface area contributed by atoms with Crippen LogP contribution in [0.1, 0.15) is 69.1 Å². The summed E-state index contributed by atoms with van der Waals surface area (Å²) in [5, 5.41) is 0. The van der Waals surface area contributed by atoms with E-state index in [9.17, 15) is 0 Å². The molecule has 1 aromatic heterocycles. The molecule has 5 rings (SSSR count). The van der Waals surface area contributed by atoms with Gasteiger partial charge >= 0.3 is 0 Å². The third-order valence-corrected chi connectivity index (χ3v) is 7.98. The summed E-state index contributed by atoms with van der Waals surface area (Å²) in [6, 6.07) is 25.9. The van der Waals surface area contributed by atoms with Gasteiger partial charge in [-0.2, -0.15) is 0 Å². The van der Waals surface area contributed by atoms with Gasteiger partial charge in [0.2, 0.25) is 0 Å². The molecule has 0 aliphatic carbocycles. The Kier molecular flexibility index (Phi) is 9.05. The number of hydrogen-bond acceptors (Lipinski definition) is 4. The first-order valence-electron chi connectivity index (χ1n) is 14.9. The summed E-state index contributed by atoms with van der Waals surface area (Å²) >= 11 is 0. The Morgan fingerprint density at radius 2 is 1.62 bits per heavy atom. The summed E-state index contributed by atoms with van der Waals surface area (Å²) in [5.74, 6) is 2.33. The predicted molar refractivity (Wildman–Crippen MR) is 167 cm³/mol. The van der Waals surface area contributed by atoms with E-state index >= 15 is 0 Å². The van der Waals surface area contributed by atoms with Crippen molar-refractivity contribution < 1.29 is 4.74 Å². The molecule has 0 radical (unpaired) electrons. The van der Waals surface area contributed by atoms with E-state index in [2.05, 4.69) is 92.5 Å². The second kappa shape index (κ2) is 13.0. The topological polar surface area (TPSA) is 47.4 Å². The number of rotatable bonds is 10. The molecule has 0 amide bonds. The average molecular weight is 532 g/mol. The maximum atomic E-state index is 6.37. The zero-order valence-electron chi connectivity index (χ0n) is 24.4. The number of ether oxygens (including phenoxy) is 1. The van der Waals surface area contributed by atoms with Gasteiger partial charge in [0.25, 0.3) is 0 Å². The van der Waals surface area contributed by atoms with E-state index in [-0.39, 0.29) is 0 Å². The van der Waals surface area contributed by atoms with Gasteiger partial charge in [0.1, 0.15) is 11.6 Å². The highest BCUT2D eigenvalue weighted by Crippen LogP contribution is 2.33. The van der Waals surface area contributed by atoms with Crippen LogP contribution in [0.2, 0.25) is 0 Å². The van der Waals surface area contributed by atoms with Crippen molar-refractivity contribution in [1.82, 2.24) is 9.97 Å². The van der Waals surface area contributed by atoms with Gasteiger partial charge in [-0.25, -0.2) is 9.97 Å². The van der Waals surface area contributed by atoms with E-state index < -0.39 is 0 Å². The van der Waals surface area contributed by atoms with E-state index in [0.717, 1.165) is 72.7 Å². The zero-order chi connectivity index (χ0) is 27.9. The van der Waals surface area contributed by atoms with Crippen LogP contribution in [-0.2, 0) is 19.3 Å². The van der Waals surface area contributed by atoms with Gasteiger partial charge in [-0.3, -0.25) is 4.99 Å². The van der Waals surface area contributed by atoms with Crippen LogP contribution in [0.3, 0.4) is 0 Å². The number of fused-ring (bicyclic) bond motifs is 1. The first kappa shape index (κ1) is 27.8. The van der Waals surface area contributed by atoms with Gasteiger partial charge < -0.3 is 4.74 Å². The van der Waals surface area contributed by atoms with Gasteiger partial charge in [0.05, 0.1) is 18.0 Å². The summed E-state index contributed by atoms with van der Waals surface area (Å²) in [6.45, 7) is 9.29. The quantitative estimate of drug-likeness (QED) is 0.205. The van der Waals surface area contributed by atoms with Crippen LogP contribution in [0.4, 0.5) is 5.69 Å². The minimum absolute atomic E-state index is 0.505. The van der Waals surface area contributed by atoms with Crippen molar-refractivity contribution in [2.75, 3.05) is 6.61 Å². The molecule has 1 aliphatic heterocycles. The lowest BCUT2D eigenvalue weighted by Gasteiger charge is -2.17. The molecule has 1 aliphatic rings. The molecule has 0 fully saturated rings. The third-order valence-electron chi connectivity index (χ3n) is 7.98. The highest BCUT2D eigenvalue weighted by molar-refractivity contribution is 5.86. The highest BCUT2D eigenvalue weighted by Gasteiger charge is 2.14. The molecule has 4 aromatic rings. The molecular formula is C36H41N3O. The molecule has 0 saturated heterocycles. The minimum Gasteiger partial charge on any atom is -0.493 e. The molecule has 0 bridgehead atoms. The molecule has 0 saturated carbocycles. The Labute approximate surface area is 239 Å². The van der Waals surface area contributed by atoms with Crippen molar-refractivity contribution in [2.24, 2.45) is 10.9 Å². The van der Waals surface area contributed by atoms with Crippen molar-refractivity contribution in [3.8, 4) is 28.1 Å². The summed E-state index contributed by atoms with van der Waals surface area (Å²) in [6.07, 6.45) is 7.32. The van der Waals surface area contributed by atoms with Crippen LogP contribution >= 0.6 is 0 Å². The molecule has 0 spiro atoms. The number of aromatic nitrogens is 2. The minimum atomic E-state index is 0.505. The average Bonchev–Trinajstić information content (AvgIpc) is 3.16. The second-order valence-corrected chi connectivity index (χ2v) is 11.0. The summed E-state index contributed by atoms with van der Waals surface area (Å²) in [7, 11) is 0. The molecule has 206 valence electrons. The lowest BCUT2D eigenvalue weighted by molar-refractivity contribution is 0.271. The van der Waals surface area contributed by atoms with Crippen molar-refractivity contribution >= 4 is 11.4 Å². The van der Waals surface area contributed by atoms with Crippen LogP contribution in [0.25, 0.3) is 22.4 Å². The van der Waals surface area contributed by atoms with Gasteiger partial charge in [0, 0.05) is 17.0 Å². The molecule has 40 heavy (non-hydrogen) atoms. The molecule has 2 heterocycles. The van der Waals surface area contributed by atoms with Crippen LogP contribution in [-0.4, -0.2) is 22.3 Å². The van der Waals surface area contributed by atoms with Gasteiger partial charge in [-0.15, -0.1) is 0 Å². The Morgan fingerprint density at radius 3 is 2.42 bits per heavy atom. The first-order valence-corrected chi connectivity index (χ1v) is 14.9. The normalized spacial score (nSPS) is 13.8. The molecule has 1 atom stereocenters. The Morgan fingerprint density at radius 1 is 0.825 bits per heavy atom. The van der Waals surface area contributed by atoms with Gasteiger partial charge in [-0.05, 0) is 105 Å². The Balaban J connectivity index is 1.24. The number of benzene rings is 3. The molecule has 4 nitrogen and oxygen atoms in total. The fraction of sp³-hybridized carbons (Fsp3) is 0.361. The smallest absolute Gasteiger partial charge is 0.126 e. The predicted octanol–water partition coefficient (Wildman–Crippen LogP) is 9.15. The first-order chi connectivity index (χ1) is 19.5. The van der Waals surface area contributed by atoms with Gasteiger partial charge in [-0.1, -0.05) is 68.8 Å². The monoisotopic (exact) mass is 531 g/mol. The Bertz CT molecular complexity index is 1480. The zero-order valence-corrected chi connectivity index (χ0v) is 24.4. The maximum absolute atomic E-state index is 6.37. The van der Waals surface area contributed by atoms with E-state index in [1.807, 2.05) is 13.0 Å². The SMILES string of the molecule is CCc1cc(-c2ccc3c(c2)N=C(C)CCC3)ccc1OCCC(CC)Cc1cc(-c2ccccc2)nc(C)n1. The fourth-order valence-corrected chi connectivity index (χ4v) is 5.60. The largest absolute Gasteiger partial charge is 0.493 e. The van der Waals surface area contributed by atoms with Crippen LogP contribution in [0.5, 0.6) is 5.75 Å². The molecule has 4 heteroatoms. The number of nitrogens with zero attached hydrogens (tertiary/aromatic N) is 3. The lowest BCUT2D eigenvalue weighted by Crippen LogP contribution is -2.11. The third kappa shape index (κ3) is 6.85. The molecule has 0 N–H and O–H groups in total. The number of hydrogen-bond donors (Lipinski definition) is 0. The standard InChI is InChI=1S/C36H41N3O/c1-5-27(21-33-24-35(39-26(4)38-33)29-12-8-7-9-13-29)19-20-40-36-18-17-31(22-28(36)6-2)32-16-15-30-14-10-11-25(3)37-34(30)23-32/h7-9,12-13,15-18,22-24,27H,5-6,10-11,14,19-21H2,1-4H3. The van der Waals surface area contributed by atoms with E-state index in [1.54, 1.807) is 0 Å². The van der Waals surface area contributed by atoms with E-state index in [1.165, 1.54) is 34.4 Å². The summed E-state index contributed by atoms with van der Waals surface area (Å²) < 4.78 is 6.37.